The Kier molecular flexibility index (Phi) is 4.37. The predicted octanol–water partition coefficient (Wildman–Crippen LogP) is 3.21. The number of nitrogens with zero attached hydrogens (tertiary/aromatic N) is 6. The molecule has 3 heterocycles. The molecule has 1 fully saturated rings. The van der Waals surface area contributed by atoms with E-state index in [0.29, 0.717) is 12.4 Å². The lowest BCUT2D eigenvalue weighted by atomic mass is 9.93. The number of fused-ring (bicyclic) bond motifs is 1. The number of aromatic nitrogens is 6. The Morgan fingerprint density at radius 2 is 1.96 bits per heavy atom. The molecule has 0 spiro atoms. The van der Waals surface area contributed by atoms with Gasteiger partial charge < -0.3 is 9.67 Å². The van der Waals surface area contributed by atoms with E-state index in [4.69, 9.17) is 10.1 Å². The number of hydrogen-bond acceptors (Lipinski definition) is 5. The molecule has 7 nitrogen and oxygen atoms in total. The van der Waals surface area contributed by atoms with Crippen molar-refractivity contribution in [2.45, 2.75) is 44.4 Å². The second-order valence-corrected chi connectivity index (χ2v) is 7.32. The molecular formula is C21H22N6O. The highest BCUT2D eigenvalue weighted by atomic mass is 16.3. The molecule has 5 rings (SSSR count). The van der Waals surface area contributed by atoms with Crippen molar-refractivity contribution >= 4 is 11.0 Å². The minimum Gasteiger partial charge on any atom is -0.391 e. The van der Waals surface area contributed by atoms with Gasteiger partial charge in [0, 0.05) is 18.0 Å². The van der Waals surface area contributed by atoms with E-state index < -0.39 is 6.10 Å². The van der Waals surface area contributed by atoms with Gasteiger partial charge in [0.25, 0.3) is 0 Å². The summed E-state index contributed by atoms with van der Waals surface area (Å²) < 4.78 is 4.01. The second kappa shape index (κ2) is 7.16. The van der Waals surface area contributed by atoms with Gasteiger partial charge in [-0.05, 0) is 37.1 Å². The van der Waals surface area contributed by atoms with Crippen LogP contribution in [0.1, 0.15) is 37.5 Å². The summed E-state index contributed by atoms with van der Waals surface area (Å²) in [6.45, 7) is 0.553. The van der Waals surface area contributed by atoms with E-state index in [1.54, 1.807) is 12.4 Å². The molecule has 1 aliphatic carbocycles. The topological polar surface area (TPSA) is 81.6 Å². The van der Waals surface area contributed by atoms with Crippen molar-refractivity contribution < 1.29 is 5.11 Å². The minimum absolute atomic E-state index is 0.0449. The lowest BCUT2D eigenvalue weighted by Crippen LogP contribution is -2.30. The van der Waals surface area contributed by atoms with Gasteiger partial charge in [-0.1, -0.05) is 25.0 Å². The first-order valence-electron chi connectivity index (χ1n) is 9.73. The van der Waals surface area contributed by atoms with E-state index >= 15 is 0 Å². The Hall–Kier alpha value is -3.06. The fourth-order valence-corrected chi connectivity index (χ4v) is 4.01. The van der Waals surface area contributed by atoms with E-state index in [-0.39, 0.29) is 6.04 Å². The standard InChI is InChI=1S/C21H22N6O/c28-19-10-4-3-9-18(19)27-20(24-21(25-27)15-6-5-11-22-12-15)13-26-14-23-16-7-1-2-8-17(16)26/h1-2,5-8,11-12,14,18-19,28H,3-4,9-10,13H2/t18-,19-/m1/s1. The number of imidazole rings is 1. The molecule has 28 heavy (non-hydrogen) atoms. The van der Waals surface area contributed by atoms with Gasteiger partial charge in [0.15, 0.2) is 5.82 Å². The van der Waals surface area contributed by atoms with Crippen molar-refractivity contribution in [1.29, 1.82) is 0 Å². The summed E-state index contributed by atoms with van der Waals surface area (Å²) in [5, 5.41) is 15.4. The minimum atomic E-state index is -0.393. The van der Waals surface area contributed by atoms with Crippen molar-refractivity contribution in [2.24, 2.45) is 0 Å². The summed E-state index contributed by atoms with van der Waals surface area (Å²) in [6.07, 6.45) is 8.83. The van der Waals surface area contributed by atoms with Crippen LogP contribution in [0.3, 0.4) is 0 Å². The Bertz CT molecular complexity index is 1090. The van der Waals surface area contributed by atoms with Gasteiger partial charge in [0.1, 0.15) is 5.82 Å². The molecule has 3 aromatic heterocycles. The number of para-hydroxylation sites is 2. The molecule has 0 unspecified atom stereocenters. The van der Waals surface area contributed by atoms with E-state index in [2.05, 4.69) is 20.6 Å². The van der Waals surface area contributed by atoms with Gasteiger partial charge in [-0.3, -0.25) is 4.98 Å². The summed E-state index contributed by atoms with van der Waals surface area (Å²) in [4.78, 5) is 13.5. The zero-order valence-electron chi connectivity index (χ0n) is 15.5. The maximum absolute atomic E-state index is 10.6. The largest absolute Gasteiger partial charge is 0.391 e. The van der Waals surface area contributed by atoms with Gasteiger partial charge in [-0.2, -0.15) is 5.10 Å². The third-order valence-corrected chi connectivity index (χ3v) is 5.47. The van der Waals surface area contributed by atoms with Crippen molar-refractivity contribution in [2.75, 3.05) is 0 Å². The van der Waals surface area contributed by atoms with Crippen LogP contribution in [0.2, 0.25) is 0 Å². The van der Waals surface area contributed by atoms with Crippen molar-refractivity contribution in [1.82, 2.24) is 29.3 Å². The van der Waals surface area contributed by atoms with Crippen molar-refractivity contribution in [3.63, 3.8) is 0 Å². The molecule has 0 saturated heterocycles. The summed E-state index contributed by atoms with van der Waals surface area (Å²) in [5.41, 5.74) is 2.89. The molecule has 1 aromatic carbocycles. The van der Waals surface area contributed by atoms with Crippen LogP contribution in [0.4, 0.5) is 0 Å². The molecule has 2 atom stereocenters. The third kappa shape index (κ3) is 3.07. The van der Waals surface area contributed by atoms with Gasteiger partial charge in [0.2, 0.25) is 0 Å². The lowest BCUT2D eigenvalue weighted by Gasteiger charge is -2.28. The van der Waals surface area contributed by atoms with Crippen LogP contribution in [0.15, 0.2) is 55.1 Å². The first-order chi connectivity index (χ1) is 13.8. The number of pyridine rings is 1. The SMILES string of the molecule is O[C@@H]1CCCC[C@H]1n1nc(-c2cccnc2)nc1Cn1cnc2ccccc21. The molecule has 1 saturated carbocycles. The summed E-state index contributed by atoms with van der Waals surface area (Å²) >= 11 is 0. The monoisotopic (exact) mass is 374 g/mol. The zero-order valence-corrected chi connectivity index (χ0v) is 15.5. The van der Waals surface area contributed by atoms with Crippen LogP contribution in [0.5, 0.6) is 0 Å². The number of aliphatic hydroxyl groups excluding tert-OH is 1. The van der Waals surface area contributed by atoms with Gasteiger partial charge >= 0.3 is 0 Å². The molecule has 0 radical (unpaired) electrons. The van der Waals surface area contributed by atoms with Crippen LogP contribution in [0.25, 0.3) is 22.4 Å². The van der Waals surface area contributed by atoms with Gasteiger partial charge in [-0.15, -0.1) is 0 Å². The first-order valence-corrected chi connectivity index (χ1v) is 9.73. The Labute approximate surface area is 162 Å². The highest BCUT2D eigenvalue weighted by Gasteiger charge is 2.28. The number of hydrogen-bond donors (Lipinski definition) is 1. The average Bonchev–Trinajstić information content (AvgIpc) is 3.34. The van der Waals surface area contributed by atoms with E-state index in [1.165, 1.54) is 0 Å². The first kappa shape index (κ1) is 17.1. The third-order valence-electron chi connectivity index (χ3n) is 5.47. The second-order valence-electron chi connectivity index (χ2n) is 7.32. The van der Waals surface area contributed by atoms with Crippen LogP contribution in [0, 0.1) is 0 Å². The Morgan fingerprint density at radius 3 is 2.82 bits per heavy atom. The molecule has 1 aliphatic rings. The van der Waals surface area contributed by atoms with Gasteiger partial charge in [0.05, 0.1) is 36.1 Å². The van der Waals surface area contributed by atoms with Crippen molar-refractivity contribution in [3.8, 4) is 11.4 Å². The van der Waals surface area contributed by atoms with E-state index in [0.717, 1.165) is 48.1 Å². The van der Waals surface area contributed by atoms with Crippen LogP contribution >= 0.6 is 0 Å². The summed E-state index contributed by atoms with van der Waals surface area (Å²) in [6, 6.07) is 11.9. The molecule has 0 aliphatic heterocycles. The molecule has 0 amide bonds. The molecule has 4 aromatic rings. The average molecular weight is 374 g/mol. The van der Waals surface area contributed by atoms with E-state index in [1.807, 2.05) is 41.3 Å². The Balaban J connectivity index is 1.57. The fraction of sp³-hybridized carbons (Fsp3) is 0.333. The molecule has 1 N–H and O–H groups in total. The molecular weight excluding hydrogens is 352 g/mol. The smallest absolute Gasteiger partial charge is 0.183 e. The quantitative estimate of drug-likeness (QED) is 0.593. The summed E-state index contributed by atoms with van der Waals surface area (Å²) in [5.74, 6) is 1.47. The maximum Gasteiger partial charge on any atom is 0.183 e. The molecule has 7 heteroatoms. The summed E-state index contributed by atoms with van der Waals surface area (Å²) in [7, 11) is 0. The van der Waals surface area contributed by atoms with Crippen LogP contribution in [-0.4, -0.2) is 40.5 Å². The van der Waals surface area contributed by atoms with E-state index in [9.17, 15) is 5.11 Å². The Morgan fingerprint density at radius 1 is 1.07 bits per heavy atom. The maximum atomic E-state index is 10.6. The lowest BCUT2D eigenvalue weighted by molar-refractivity contribution is 0.0676. The molecule has 0 bridgehead atoms. The number of benzene rings is 1. The van der Waals surface area contributed by atoms with Crippen molar-refractivity contribution in [3.05, 3.63) is 60.9 Å². The normalized spacial score (nSPS) is 19.9. The highest BCUT2D eigenvalue weighted by Crippen LogP contribution is 2.30. The number of aliphatic hydroxyl groups is 1. The van der Waals surface area contributed by atoms with Crippen LogP contribution < -0.4 is 0 Å². The zero-order chi connectivity index (χ0) is 18.9. The predicted molar refractivity (Wildman–Crippen MR) is 106 cm³/mol. The molecule has 142 valence electrons. The fourth-order valence-electron chi connectivity index (χ4n) is 4.01. The van der Waals surface area contributed by atoms with Gasteiger partial charge in [-0.25, -0.2) is 14.6 Å². The number of rotatable bonds is 4. The highest BCUT2D eigenvalue weighted by molar-refractivity contribution is 5.75. The van der Waals surface area contributed by atoms with Crippen LogP contribution in [-0.2, 0) is 6.54 Å².